The lowest BCUT2D eigenvalue weighted by Crippen LogP contribution is -2.29. The number of benzene rings is 1. The number of hydrogen-bond acceptors (Lipinski definition) is 2. The normalized spacial score (nSPS) is 18.2. The molecule has 0 saturated heterocycles. The van der Waals surface area contributed by atoms with Gasteiger partial charge in [-0.1, -0.05) is 49.4 Å². The Labute approximate surface area is 120 Å². The van der Waals surface area contributed by atoms with Gasteiger partial charge in [-0.3, -0.25) is 0 Å². The fourth-order valence-corrected chi connectivity index (χ4v) is 4.17. The van der Waals surface area contributed by atoms with Crippen molar-refractivity contribution in [1.82, 2.24) is 4.72 Å². The van der Waals surface area contributed by atoms with Crippen LogP contribution < -0.4 is 4.72 Å². The lowest BCUT2D eigenvalue weighted by molar-refractivity contribution is 0.451. The lowest BCUT2D eigenvalue weighted by Gasteiger charge is -2.15. The molecule has 1 N–H and O–H groups in total. The third kappa shape index (κ3) is 4.20. The van der Waals surface area contributed by atoms with Gasteiger partial charge in [0.25, 0.3) is 0 Å². The van der Waals surface area contributed by atoms with Gasteiger partial charge in [-0.05, 0) is 30.9 Å². The van der Waals surface area contributed by atoms with Gasteiger partial charge in [0.1, 0.15) is 4.90 Å². The minimum Gasteiger partial charge on any atom is -0.211 e. The van der Waals surface area contributed by atoms with Gasteiger partial charge in [-0.15, -0.1) is 0 Å². The van der Waals surface area contributed by atoms with E-state index in [1.807, 2.05) is 0 Å². The monoisotopic (exact) mass is 301 g/mol. The molecular formula is C14H20ClNO2S. The van der Waals surface area contributed by atoms with E-state index in [0.29, 0.717) is 12.5 Å². The van der Waals surface area contributed by atoms with Crippen molar-refractivity contribution in [2.24, 2.45) is 5.92 Å². The summed E-state index contributed by atoms with van der Waals surface area (Å²) in [5.74, 6) is 0.458. The van der Waals surface area contributed by atoms with Crippen LogP contribution in [-0.4, -0.2) is 15.0 Å². The summed E-state index contributed by atoms with van der Waals surface area (Å²) in [6.07, 6.45) is 7.19. The molecule has 1 saturated carbocycles. The molecule has 0 bridgehead atoms. The van der Waals surface area contributed by atoms with Crippen LogP contribution in [-0.2, 0) is 10.0 Å². The van der Waals surface area contributed by atoms with Crippen LogP contribution in [0.5, 0.6) is 0 Å². The molecule has 5 heteroatoms. The zero-order chi connectivity index (χ0) is 13.7. The van der Waals surface area contributed by atoms with E-state index in [1.165, 1.54) is 31.7 Å². The van der Waals surface area contributed by atoms with Gasteiger partial charge >= 0.3 is 0 Å². The van der Waals surface area contributed by atoms with Crippen molar-refractivity contribution < 1.29 is 8.42 Å². The highest BCUT2D eigenvalue weighted by Crippen LogP contribution is 2.24. The molecule has 0 aliphatic heterocycles. The van der Waals surface area contributed by atoms with Gasteiger partial charge in [0, 0.05) is 6.54 Å². The van der Waals surface area contributed by atoms with Crippen LogP contribution in [0.3, 0.4) is 0 Å². The lowest BCUT2D eigenvalue weighted by atomic mass is 10.0. The van der Waals surface area contributed by atoms with Crippen LogP contribution in [0.25, 0.3) is 0 Å². The first kappa shape index (κ1) is 14.8. The van der Waals surface area contributed by atoms with Gasteiger partial charge in [-0.25, -0.2) is 13.1 Å². The molecule has 1 fully saturated rings. The van der Waals surface area contributed by atoms with E-state index in [9.17, 15) is 8.42 Å². The second-order valence-corrected chi connectivity index (χ2v) is 7.28. The third-order valence-electron chi connectivity index (χ3n) is 3.66. The van der Waals surface area contributed by atoms with Crippen molar-refractivity contribution in [3.63, 3.8) is 0 Å². The molecule has 1 aromatic rings. The molecular weight excluding hydrogens is 282 g/mol. The number of rotatable bonds is 4. The van der Waals surface area contributed by atoms with E-state index >= 15 is 0 Å². The van der Waals surface area contributed by atoms with Crippen LogP contribution >= 0.6 is 11.6 Å². The quantitative estimate of drug-likeness (QED) is 0.864. The fraction of sp³-hybridized carbons (Fsp3) is 0.571. The molecule has 1 aromatic carbocycles. The number of nitrogens with one attached hydrogen (secondary N) is 1. The smallest absolute Gasteiger partial charge is 0.211 e. The predicted molar refractivity (Wildman–Crippen MR) is 77.8 cm³/mol. The predicted octanol–water partition coefficient (Wildman–Crippen LogP) is 3.59. The molecule has 0 radical (unpaired) electrons. The molecule has 0 unspecified atom stereocenters. The highest BCUT2D eigenvalue weighted by molar-refractivity contribution is 7.89. The summed E-state index contributed by atoms with van der Waals surface area (Å²) in [4.78, 5) is 0.172. The summed E-state index contributed by atoms with van der Waals surface area (Å²) >= 11 is 5.94. The van der Waals surface area contributed by atoms with Crippen molar-refractivity contribution in [2.45, 2.75) is 43.4 Å². The summed E-state index contributed by atoms with van der Waals surface area (Å²) in [6.45, 7) is 0.521. The summed E-state index contributed by atoms with van der Waals surface area (Å²) in [7, 11) is -3.48. The van der Waals surface area contributed by atoms with Crippen LogP contribution in [0.1, 0.15) is 38.5 Å². The van der Waals surface area contributed by atoms with Crippen LogP contribution in [0.4, 0.5) is 0 Å². The second kappa shape index (κ2) is 6.73. The van der Waals surface area contributed by atoms with Gasteiger partial charge in [0.15, 0.2) is 0 Å². The molecule has 19 heavy (non-hydrogen) atoms. The molecule has 0 amide bonds. The van der Waals surface area contributed by atoms with E-state index in [1.54, 1.807) is 18.2 Å². The van der Waals surface area contributed by atoms with Crippen molar-refractivity contribution in [1.29, 1.82) is 0 Å². The fourth-order valence-electron chi connectivity index (χ4n) is 2.54. The minimum atomic E-state index is -3.48. The topological polar surface area (TPSA) is 46.2 Å². The standard InChI is InChI=1S/C14H20ClNO2S/c15-13-9-5-6-10-14(13)19(17,18)16-11-12-7-3-1-2-4-8-12/h5-6,9-10,12,16H,1-4,7-8,11H2. The molecule has 3 nitrogen and oxygen atoms in total. The van der Waals surface area contributed by atoms with Gasteiger partial charge in [-0.2, -0.15) is 0 Å². The third-order valence-corrected chi connectivity index (χ3v) is 5.59. The molecule has 1 aliphatic carbocycles. The first-order chi connectivity index (χ1) is 9.09. The SMILES string of the molecule is O=S(=O)(NCC1CCCCCC1)c1ccccc1Cl. The largest absolute Gasteiger partial charge is 0.242 e. The first-order valence-electron chi connectivity index (χ1n) is 6.84. The Morgan fingerprint density at radius 3 is 2.37 bits per heavy atom. The highest BCUT2D eigenvalue weighted by atomic mass is 35.5. The number of hydrogen-bond donors (Lipinski definition) is 1. The van der Waals surface area contributed by atoms with Crippen LogP contribution in [0.15, 0.2) is 29.2 Å². The van der Waals surface area contributed by atoms with E-state index in [0.717, 1.165) is 12.8 Å². The maximum Gasteiger partial charge on any atom is 0.242 e. The first-order valence-corrected chi connectivity index (χ1v) is 8.70. The van der Waals surface area contributed by atoms with Crippen molar-refractivity contribution in [2.75, 3.05) is 6.54 Å². The molecule has 1 aliphatic rings. The molecule has 2 rings (SSSR count). The van der Waals surface area contributed by atoms with Gasteiger partial charge in [0.2, 0.25) is 10.0 Å². The average Bonchev–Trinajstić information content (AvgIpc) is 2.65. The maximum atomic E-state index is 12.2. The average molecular weight is 302 g/mol. The van der Waals surface area contributed by atoms with Crippen molar-refractivity contribution >= 4 is 21.6 Å². The molecule has 106 valence electrons. The maximum absolute atomic E-state index is 12.2. The van der Waals surface area contributed by atoms with Crippen molar-refractivity contribution in [3.8, 4) is 0 Å². The minimum absolute atomic E-state index is 0.172. The summed E-state index contributed by atoms with van der Waals surface area (Å²) in [5, 5.41) is 0.274. The zero-order valence-corrected chi connectivity index (χ0v) is 12.5. The Balaban J connectivity index is 1.99. The van der Waals surface area contributed by atoms with Crippen molar-refractivity contribution in [3.05, 3.63) is 29.3 Å². The Morgan fingerprint density at radius 2 is 1.74 bits per heavy atom. The Bertz CT molecular complexity index is 508. The highest BCUT2D eigenvalue weighted by Gasteiger charge is 2.20. The molecule has 0 heterocycles. The Kier molecular flexibility index (Phi) is 5.25. The van der Waals surface area contributed by atoms with Gasteiger partial charge < -0.3 is 0 Å². The van der Waals surface area contributed by atoms with Gasteiger partial charge in [0.05, 0.1) is 5.02 Å². The van der Waals surface area contributed by atoms with E-state index < -0.39 is 10.0 Å². The molecule has 0 atom stereocenters. The molecule has 0 spiro atoms. The summed E-state index contributed by atoms with van der Waals surface area (Å²) < 4.78 is 27.1. The van der Waals surface area contributed by atoms with E-state index in [2.05, 4.69) is 4.72 Å². The Morgan fingerprint density at radius 1 is 1.11 bits per heavy atom. The zero-order valence-electron chi connectivity index (χ0n) is 10.9. The van der Waals surface area contributed by atoms with Crippen LogP contribution in [0, 0.1) is 5.92 Å². The van der Waals surface area contributed by atoms with Crippen LogP contribution in [0.2, 0.25) is 5.02 Å². The van der Waals surface area contributed by atoms with E-state index in [4.69, 9.17) is 11.6 Å². The molecule has 0 aromatic heterocycles. The second-order valence-electron chi connectivity index (χ2n) is 5.14. The number of sulfonamides is 1. The van der Waals surface area contributed by atoms with E-state index in [-0.39, 0.29) is 9.92 Å². The number of halogens is 1. The Hall–Kier alpha value is -0.580. The summed E-state index contributed by atoms with van der Waals surface area (Å²) in [6, 6.07) is 6.55. The summed E-state index contributed by atoms with van der Waals surface area (Å²) in [5.41, 5.74) is 0.